The van der Waals surface area contributed by atoms with Crippen molar-refractivity contribution >= 4 is 17.8 Å². The summed E-state index contributed by atoms with van der Waals surface area (Å²) in [5.41, 5.74) is 1.60. The highest BCUT2D eigenvalue weighted by atomic mass is 16.5. The van der Waals surface area contributed by atoms with Gasteiger partial charge in [-0.3, -0.25) is 14.8 Å². The van der Waals surface area contributed by atoms with Gasteiger partial charge >= 0.3 is 0 Å². The van der Waals surface area contributed by atoms with Gasteiger partial charge in [-0.2, -0.15) is 0 Å². The normalized spacial score (nSPS) is 21.3. The molecule has 1 aromatic rings. The molecule has 110 valence electrons. The molecule has 21 heavy (non-hydrogen) atoms. The third-order valence-electron chi connectivity index (χ3n) is 3.49. The first-order valence-electron chi connectivity index (χ1n) is 7.14. The van der Waals surface area contributed by atoms with Crippen LogP contribution in [-0.4, -0.2) is 47.9 Å². The van der Waals surface area contributed by atoms with Gasteiger partial charge in [0, 0.05) is 31.9 Å². The van der Waals surface area contributed by atoms with Crippen LogP contribution in [0.2, 0.25) is 0 Å². The second-order valence-electron chi connectivity index (χ2n) is 4.97. The summed E-state index contributed by atoms with van der Waals surface area (Å²) in [7, 11) is 0. The second-order valence-corrected chi connectivity index (χ2v) is 4.97. The van der Waals surface area contributed by atoms with Crippen molar-refractivity contribution in [3.63, 3.8) is 0 Å². The van der Waals surface area contributed by atoms with Crippen molar-refractivity contribution in [3.8, 4) is 0 Å². The Morgan fingerprint density at radius 1 is 1.43 bits per heavy atom. The average molecular weight is 286 g/mol. The highest BCUT2D eigenvalue weighted by Gasteiger charge is 2.20. The number of aromatic nitrogens is 1. The van der Waals surface area contributed by atoms with Crippen molar-refractivity contribution in [1.29, 1.82) is 0 Å². The van der Waals surface area contributed by atoms with E-state index >= 15 is 0 Å². The first-order valence-corrected chi connectivity index (χ1v) is 7.14. The Morgan fingerprint density at radius 3 is 3.05 bits per heavy atom. The molecule has 0 aliphatic carbocycles. The Kier molecular flexibility index (Phi) is 4.25. The third kappa shape index (κ3) is 3.46. The zero-order valence-electron chi connectivity index (χ0n) is 11.7. The van der Waals surface area contributed by atoms with Crippen LogP contribution >= 0.6 is 0 Å². The Balaban J connectivity index is 1.45. The molecule has 6 heteroatoms. The first-order chi connectivity index (χ1) is 10.3. The summed E-state index contributed by atoms with van der Waals surface area (Å²) in [5, 5.41) is 3.13. The zero-order chi connectivity index (χ0) is 14.5. The topological polar surface area (TPSA) is 66.8 Å². The molecule has 3 rings (SSSR count). The number of carbonyl (C=O) groups excluding carboxylic acids is 1. The number of nitrogens with one attached hydrogen (secondary N) is 1. The van der Waals surface area contributed by atoms with E-state index in [1.807, 2.05) is 23.1 Å². The minimum atomic E-state index is -0.254. The molecule has 1 fully saturated rings. The van der Waals surface area contributed by atoms with Gasteiger partial charge in [-0.05, 0) is 18.6 Å². The van der Waals surface area contributed by atoms with Crippen LogP contribution in [0.3, 0.4) is 0 Å². The quantitative estimate of drug-likeness (QED) is 0.877. The lowest BCUT2D eigenvalue weighted by molar-refractivity contribution is -0.128. The SMILES string of the molecule is O=C1CCCN1CCOC1C=NC(c2ccccn2)=CN1. The van der Waals surface area contributed by atoms with Crippen LogP contribution in [0.5, 0.6) is 0 Å². The molecule has 1 atom stereocenters. The van der Waals surface area contributed by atoms with Crippen LogP contribution < -0.4 is 5.32 Å². The minimum absolute atomic E-state index is 0.223. The molecule has 0 aromatic carbocycles. The molecule has 2 aliphatic rings. The summed E-state index contributed by atoms with van der Waals surface area (Å²) >= 11 is 0. The molecule has 1 N–H and O–H groups in total. The van der Waals surface area contributed by atoms with Gasteiger partial charge in [0.2, 0.25) is 5.91 Å². The van der Waals surface area contributed by atoms with Crippen LogP contribution in [-0.2, 0) is 9.53 Å². The summed E-state index contributed by atoms with van der Waals surface area (Å²) < 4.78 is 5.66. The standard InChI is InChI=1S/C15H18N4O2/c20-15-5-3-7-19(15)8-9-21-14-11-17-13(10-18-14)12-4-1-2-6-16-12/h1-2,4,6,10-11,14,18H,3,5,7-9H2. The molecule has 1 saturated heterocycles. The smallest absolute Gasteiger partial charge is 0.222 e. The molecule has 1 unspecified atom stereocenters. The van der Waals surface area contributed by atoms with Crippen molar-refractivity contribution < 1.29 is 9.53 Å². The van der Waals surface area contributed by atoms with Crippen molar-refractivity contribution in [2.24, 2.45) is 4.99 Å². The number of carbonyl (C=O) groups is 1. The summed E-state index contributed by atoms with van der Waals surface area (Å²) in [6.45, 7) is 1.99. The van der Waals surface area contributed by atoms with Gasteiger partial charge in [-0.25, -0.2) is 0 Å². The average Bonchev–Trinajstić information content (AvgIpc) is 2.94. The third-order valence-corrected chi connectivity index (χ3v) is 3.49. The number of aliphatic imine (C=N–C) groups is 1. The van der Waals surface area contributed by atoms with E-state index in [1.54, 1.807) is 18.6 Å². The molecular formula is C15H18N4O2. The fourth-order valence-corrected chi connectivity index (χ4v) is 2.37. The number of rotatable bonds is 5. The summed E-state index contributed by atoms with van der Waals surface area (Å²) in [4.78, 5) is 21.9. The number of hydrogen-bond donors (Lipinski definition) is 1. The summed E-state index contributed by atoms with van der Waals surface area (Å²) in [6.07, 6.45) is 6.62. The Labute approximate surface area is 123 Å². The fraction of sp³-hybridized carbons (Fsp3) is 0.400. The number of likely N-dealkylation sites (tertiary alicyclic amines) is 1. The maximum Gasteiger partial charge on any atom is 0.222 e. The van der Waals surface area contributed by atoms with Crippen LogP contribution in [0.25, 0.3) is 5.70 Å². The number of nitrogens with zero attached hydrogens (tertiary/aromatic N) is 3. The Bertz CT molecular complexity index is 556. The highest BCUT2D eigenvalue weighted by molar-refractivity contribution is 5.78. The number of hydrogen-bond acceptors (Lipinski definition) is 5. The van der Waals surface area contributed by atoms with E-state index in [4.69, 9.17) is 4.74 Å². The predicted octanol–water partition coefficient (Wildman–Crippen LogP) is 1.02. The van der Waals surface area contributed by atoms with Gasteiger partial charge < -0.3 is 15.0 Å². The number of ether oxygens (including phenoxy) is 1. The molecule has 0 saturated carbocycles. The first kappa shape index (κ1) is 13.8. The lowest BCUT2D eigenvalue weighted by Gasteiger charge is -2.20. The summed E-state index contributed by atoms with van der Waals surface area (Å²) in [5.74, 6) is 0.223. The van der Waals surface area contributed by atoms with Crippen molar-refractivity contribution in [1.82, 2.24) is 15.2 Å². The van der Waals surface area contributed by atoms with E-state index in [0.29, 0.717) is 19.6 Å². The van der Waals surface area contributed by atoms with E-state index in [2.05, 4.69) is 15.3 Å². The molecule has 6 nitrogen and oxygen atoms in total. The van der Waals surface area contributed by atoms with Gasteiger partial charge in [0.15, 0.2) is 6.23 Å². The van der Waals surface area contributed by atoms with E-state index in [0.717, 1.165) is 24.4 Å². The zero-order valence-corrected chi connectivity index (χ0v) is 11.7. The molecule has 0 radical (unpaired) electrons. The van der Waals surface area contributed by atoms with Crippen LogP contribution in [0.15, 0.2) is 35.6 Å². The molecular weight excluding hydrogens is 268 g/mol. The summed E-state index contributed by atoms with van der Waals surface area (Å²) in [6, 6.07) is 5.70. The van der Waals surface area contributed by atoms with Gasteiger partial charge in [-0.1, -0.05) is 6.07 Å². The van der Waals surface area contributed by atoms with Gasteiger partial charge in [0.05, 0.1) is 18.5 Å². The van der Waals surface area contributed by atoms with Gasteiger partial charge in [-0.15, -0.1) is 0 Å². The molecule has 2 aliphatic heterocycles. The molecule has 0 spiro atoms. The van der Waals surface area contributed by atoms with Crippen molar-refractivity contribution in [2.45, 2.75) is 19.1 Å². The number of pyridine rings is 1. The molecule has 1 aromatic heterocycles. The molecule has 1 amide bonds. The van der Waals surface area contributed by atoms with Crippen LogP contribution in [0.4, 0.5) is 0 Å². The second kappa shape index (κ2) is 6.49. The fourth-order valence-electron chi connectivity index (χ4n) is 2.37. The van der Waals surface area contributed by atoms with Crippen molar-refractivity contribution in [3.05, 3.63) is 36.3 Å². The van der Waals surface area contributed by atoms with Crippen molar-refractivity contribution in [2.75, 3.05) is 19.7 Å². The number of amides is 1. The van der Waals surface area contributed by atoms with Crippen LogP contribution in [0.1, 0.15) is 18.5 Å². The Morgan fingerprint density at radius 2 is 2.38 bits per heavy atom. The maximum atomic E-state index is 11.5. The lowest BCUT2D eigenvalue weighted by atomic mass is 10.3. The lowest BCUT2D eigenvalue weighted by Crippen LogP contribution is -2.35. The van der Waals surface area contributed by atoms with E-state index < -0.39 is 0 Å². The van der Waals surface area contributed by atoms with E-state index in [-0.39, 0.29) is 12.1 Å². The molecule has 0 bridgehead atoms. The van der Waals surface area contributed by atoms with E-state index in [9.17, 15) is 4.79 Å². The minimum Gasteiger partial charge on any atom is -0.360 e. The Hall–Kier alpha value is -2.21. The van der Waals surface area contributed by atoms with Gasteiger partial charge in [0.25, 0.3) is 0 Å². The van der Waals surface area contributed by atoms with Crippen LogP contribution in [0, 0.1) is 0 Å². The van der Waals surface area contributed by atoms with Gasteiger partial charge in [0.1, 0.15) is 5.70 Å². The largest absolute Gasteiger partial charge is 0.360 e. The maximum absolute atomic E-state index is 11.5. The monoisotopic (exact) mass is 286 g/mol. The molecule has 3 heterocycles. The van der Waals surface area contributed by atoms with E-state index in [1.165, 1.54) is 0 Å². The predicted molar refractivity (Wildman–Crippen MR) is 79.4 cm³/mol. The highest BCUT2D eigenvalue weighted by Crippen LogP contribution is 2.14.